The van der Waals surface area contributed by atoms with Gasteiger partial charge in [-0.3, -0.25) is 10.2 Å². The normalized spacial score (nSPS) is 12.4. The molecule has 0 aromatic heterocycles. The quantitative estimate of drug-likeness (QED) is 0.329. The Hall–Kier alpha value is -1.43. The van der Waals surface area contributed by atoms with Gasteiger partial charge in [-0.1, -0.05) is 24.3 Å². The van der Waals surface area contributed by atoms with E-state index < -0.39 is 0 Å². The van der Waals surface area contributed by atoms with Crippen LogP contribution in [-0.2, 0) is 20.9 Å². The summed E-state index contributed by atoms with van der Waals surface area (Å²) in [6, 6.07) is 7.75. The van der Waals surface area contributed by atoms with Crippen molar-refractivity contribution in [1.82, 2.24) is 5.43 Å². The molecule has 0 radical (unpaired) electrons. The largest absolute Gasteiger partial charge is 0.376 e. The van der Waals surface area contributed by atoms with Gasteiger partial charge in [0.25, 0.3) is 0 Å². The van der Waals surface area contributed by atoms with Gasteiger partial charge in [-0.05, 0) is 31.9 Å². The van der Waals surface area contributed by atoms with E-state index in [1.54, 1.807) is 0 Å². The number of benzene rings is 1. The van der Waals surface area contributed by atoms with Gasteiger partial charge in [-0.15, -0.1) is 0 Å². The van der Waals surface area contributed by atoms with E-state index in [0.29, 0.717) is 19.8 Å². The third kappa shape index (κ3) is 5.69. The van der Waals surface area contributed by atoms with Crippen LogP contribution >= 0.6 is 0 Å². The van der Waals surface area contributed by atoms with E-state index >= 15 is 0 Å². The van der Waals surface area contributed by atoms with Gasteiger partial charge >= 0.3 is 0 Å². The summed E-state index contributed by atoms with van der Waals surface area (Å²) >= 11 is 0. The highest BCUT2D eigenvalue weighted by molar-refractivity contribution is 5.82. The number of carbonyl (C=O) groups is 1. The molecule has 1 aromatic rings. The van der Waals surface area contributed by atoms with E-state index in [2.05, 4.69) is 5.43 Å². The molecule has 0 saturated heterocycles. The Morgan fingerprint density at radius 2 is 1.85 bits per heavy atom. The first-order valence-electron chi connectivity index (χ1n) is 6.83. The Balaban J connectivity index is 2.37. The van der Waals surface area contributed by atoms with E-state index in [1.165, 1.54) is 0 Å². The number of nitrogens with one attached hydrogen (secondary N) is 1. The van der Waals surface area contributed by atoms with Crippen molar-refractivity contribution < 1.29 is 14.3 Å². The van der Waals surface area contributed by atoms with E-state index in [1.807, 2.05) is 45.0 Å². The number of hydrogen-bond donors (Lipinski definition) is 2. The molecule has 0 aliphatic heterocycles. The van der Waals surface area contributed by atoms with Crippen molar-refractivity contribution in [2.75, 3.05) is 13.2 Å². The number of amides is 1. The van der Waals surface area contributed by atoms with Gasteiger partial charge in [-0.2, -0.15) is 0 Å². The van der Waals surface area contributed by atoms with Crippen molar-refractivity contribution in [2.45, 2.75) is 39.4 Å². The zero-order valence-electron chi connectivity index (χ0n) is 12.4. The molecule has 5 heteroatoms. The first-order valence-corrected chi connectivity index (χ1v) is 6.83. The topological polar surface area (TPSA) is 73.6 Å². The lowest BCUT2D eigenvalue weighted by Crippen LogP contribution is -2.33. The first-order chi connectivity index (χ1) is 9.54. The van der Waals surface area contributed by atoms with E-state index in [4.69, 9.17) is 15.3 Å². The Kier molecular flexibility index (Phi) is 7.22. The maximum Gasteiger partial charge on any atom is 0.241 e. The molecule has 0 spiro atoms. The molecule has 0 fully saturated rings. The average molecular weight is 280 g/mol. The van der Waals surface area contributed by atoms with Crippen LogP contribution in [0.15, 0.2) is 24.3 Å². The molecular weight excluding hydrogens is 256 g/mol. The zero-order valence-corrected chi connectivity index (χ0v) is 12.4. The summed E-state index contributed by atoms with van der Waals surface area (Å²) in [6.45, 7) is 7.53. The van der Waals surface area contributed by atoms with E-state index in [-0.39, 0.29) is 17.9 Å². The number of carbonyl (C=O) groups excluding carboxylic acids is 1. The molecule has 3 N–H and O–H groups in total. The second-order valence-electron chi connectivity index (χ2n) is 4.94. The Morgan fingerprint density at radius 3 is 2.40 bits per heavy atom. The second kappa shape index (κ2) is 8.68. The minimum Gasteiger partial charge on any atom is -0.376 e. The van der Waals surface area contributed by atoms with Crippen molar-refractivity contribution >= 4 is 5.91 Å². The fourth-order valence-corrected chi connectivity index (χ4v) is 1.71. The summed E-state index contributed by atoms with van der Waals surface area (Å²) in [5, 5.41) is 0. The fraction of sp³-hybridized carbons (Fsp3) is 0.533. The third-order valence-electron chi connectivity index (χ3n) is 2.96. The number of hydrogen-bond acceptors (Lipinski definition) is 4. The molecule has 1 rings (SSSR count). The smallest absolute Gasteiger partial charge is 0.241 e. The minimum atomic E-state index is -0.255. The lowest BCUT2D eigenvalue weighted by Gasteiger charge is -2.11. The molecule has 1 amide bonds. The predicted octanol–water partition coefficient (Wildman–Crippen LogP) is 1.72. The zero-order chi connectivity index (χ0) is 15.0. The van der Waals surface area contributed by atoms with Gasteiger partial charge in [0.15, 0.2) is 0 Å². The fourth-order valence-electron chi connectivity index (χ4n) is 1.71. The highest BCUT2D eigenvalue weighted by Crippen LogP contribution is 2.16. The number of nitrogens with two attached hydrogens (primary N) is 1. The summed E-state index contributed by atoms with van der Waals surface area (Å²) < 4.78 is 10.9. The molecule has 1 atom stereocenters. The molecule has 0 aliphatic rings. The lowest BCUT2D eigenvalue weighted by molar-refractivity contribution is -0.122. The summed E-state index contributed by atoms with van der Waals surface area (Å²) in [5.41, 5.74) is 4.16. The summed E-state index contributed by atoms with van der Waals surface area (Å²) in [6.07, 6.45) is 0.230. The van der Waals surface area contributed by atoms with Crippen LogP contribution in [-0.4, -0.2) is 25.2 Å². The molecule has 0 aliphatic carbocycles. The molecule has 5 nitrogen and oxygen atoms in total. The van der Waals surface area contributed by atoms with Crippen LogP contribution in [0, 0.1) is 0 Å². The molecule has 0 heterocycles. The Labute approximate surface area is 120 Å². The van der Waals surface area contributed by atoms with Gasteiger partial charge < -0.3 is 9.47 Å². The maximum absolute atomic E-state index is 11.4. The molecular formula is C15H24N2O3. The summed E-state index contributed by atoms with van der Waals surface area (Å²) in [7, 11) is 0. The van der Waals surface area contributed by atoms with Crippen molar-refractivity contribution in [1.29, 1.82) is 0 Å². The van der Waals surface area contributed by atoms with Crippen LogP contribution in [0.1, 0.15) is 37.8 Å². The Morgan fingerprint density at radius 1 is 1.20 bits per heavy atom. The van der Waals surface area contributed by atoms with Crippen LogP contribution in [0.3, 0.4) is 0 Å². The summed E-state index contributed by atoms with van der Waals surface area (Å²) in [4.78, 5) is 11.4. The maximum atomic E-state index is 11.4. The van der Waals surface area contributed by atoms with E-state index in [9.17, 15) is 4.79 Å². The predicted molar refractivity (Wildman–Crippen MR) is 77.9 cm³/mol. The van der Waals surface area contributed by atoms with Crippen LogP contribution in [0.5, 0.6) is 0 Å². The average Bonchev–Trinajstić information content (AvgIpc) is 2.45. The van der Waals surface area contributed by atoms with Crippen LogP contribution < -0.4 is 11.3 Å². The second-order valence-corrected chi connectivity index (χ2v) is 4.94. The van der Waals surface area contributed by atoms with Crippen molar-refractivity contribution in [3.05, 3.63) is 35.4 Å². The van der Waals surface area contributed by atoms with Gasteiger partial charge in [0.1, 0.15) is 0 Å². The van der Waals surface area contributed by atoms with Crippen molar-refractivity contribution in [2.24, 2.45) is 5.84 Å². The highest BCUT2D eigenvalue weighted by Gasteiger charge is 2.13. The molecule has 112 valence electrons. The molecule has 1 aromatic carbocycles. The monoisotopic (exact) mass is 280 g/mol. The standard InChI is InChI=1S/C15H24N2O3/c1-11(2)20-9-8-19-10-13-4-6-14(7-5-13)12(3)15(18)17-16/h4-7,11-12H,8-10,16H2,1-3H3,(H,17,18). The van der Waals surface area contributed by atoms with Crippen LogP contribution in [0.4, 0.5) is 0 Å². The highest BCUT2D eigenvalue weighted by atomic mass is 16.5. The van der Waals surface area contributed by atoms with Crippen LogP contribution in [0.25, 0.3) is 0 Å². The third-order valence-corrected chi connectivity index (χ3v) is 2.96. The first kappa shape index (κ1) is 16.6. The van der Waals surface area contributed by atoms with Crippen LogP contribution in [0.2, 0.25) is 0 Å². The minimum absolute atomic E-state index is 0.195. The molecule has 0 bridgehead atoms. The lowest BCUT2D eigenvalue weighted by atomic mass is 9.99. The molecule has 0 saturated carbocycles. The molecule has 20 heavy (non-hydrogen) atoms. The number of hydrazine groups is 1. The van der Waals surface area contributed by atoms with Gasteiger partial charge in [0.05, 0.1) is 31.8 Å². The van der Waals surface area contributed by atoms with E-state index in [0.717, 1.165) is 11.1 Å². The van der Waals surface area contributed by atoms with Gasteiger partial charge in [0, 0.05) is 0 Å². The number of rotatable bonds is 8. The molecule has 1 unspecified atom stereocenters. The van der Waals surface area contributed by atoms with Gasteiger partial charge in [0.2, 0.25) is 5.91 Å². The SMILES string of the molecule is CC(C)OCCOCc1ccc(C(C)C(=O)NN)cc1. The number of ether oxygens (including phenoxy) is 2. The van der Waals surface area contributed by atoms with Crippen molar-refractivity contribution in [3.8, 4) is 0 Å². The summed E-state index contributed by atoms with van der Waals surface area (Å²) in [5.74, 6) is 4.67. The Bertz CT molecular complexity index is 404. The van der Waals surface area contributed by atoms with Gasteiger partial charge in [-0.25, -0.2) is 5.84 Å². The van der Waals surface area contributed by atoms with Crippen molar-refractivity contribution in [3.63, 3.8) is 0 Å².